The molecule has 2 aromatic heterocycles. The van der Waals surface area contributed by atoms with E-state index < -0.39 is 0 Å². The van der Waals surface area contributed by atoms with Crippen LogP contribution in [-0.4, -0.2) is 19.1 Å². The molecule has 0 spiro atoms. The van der Waals surface area contributed by atoms with Crippen molar-refractivity contribution in [1.29, 1.82) is 0 Å². The fourth-order valence-electron chi connectivity index (χ4n) is 6.57. The summed E-state index contributed by atoms with van der Waals surface area (Å²) in [6.45, 7) is 0. The van der Waals surface area contributed by atoms with Gasteiger partial charge in [-0.15, -0.1) is 0 Å². The van der Waals surface area contributed by atoms with E-state index in [0.29, 0.717) is 14.5 Å². The van der Waals surface area contributed by atoms with Gasteiger partial charge >= 0.3 is 238 Å². The molecule has 3 heteroatoms. The molecule has 0 fully saturated rings. The molecule has 0 atom stereocenters. The molecule has 0 N–H and O–H groups in total. The van der Waals surface area contributed by atoms with Crippen molar-refractivity contribution in [2.24, 2.45) is 0 Å². The summed E-state index contributed by atoms with van der Waals surface area (Å²) in [5.74, 6) is 0. The molecular weight excluding hydrogens is 587 g/mol. The van der Waals surface area contributed by atoms with Crippen molar-refractivity contribution in [2.75, 3.05) is 4.90 Å². The molecule has 0 saturated heterocycles. The Hall–Kier alpha value is -5.08. The topological polar surface area (TPSA) is 8.17 Å². The van der Waals surface area contributed by atoms with Crippen LogP contribution in [0, 0.1) is 0 Å². The van der Waals surface area contributed by atoms with Gasteiger partial charge < -0.3 is 0 Å². The van der Waals surface area contributed by atoms with Gasteiger partial charge in [-0.05, 0) is 0 Å². The Morgan fingerprint density at radius 2 is 1.00 bits per heavy atom. The van der Waals surface area contributed by atoms with E-state index in [0.717, 1.165) is 11.4 Å². The first kappa shape index (κ1) is 24.5. The number of para-hydroxylation sites is 2. The van der Waals surface area contributed by atoms with Crippen LogP contribution in [0.1, 0.15) is 0 Å². The summed E-state index contributed by atoms with van der Waals surface area (Å²) in [5.41, 5.74) is 7.08. The molecule has 0 aliphatic heterocycles. The molecule has 0 unspecified atom stereocenters. The number of aromatic nitrogens is 1. The minimum atomic E-state index is 0.344. The van der Waals surface area contributed by atoms with Crippen molar-refractivity contribution in [3.8, 4) is 5.69 Å². The fourth-order valence-corrected chi connectivity index (χ4v) is 8.85. The number of hydrogen-bond donors (Lipinski definition) is 0. The third-order valence-corrected chi connectivity index (χ3v) is 11.0. The van der Waals surface area contributed by atoms with Gasteiger partial charge in [-0.1, -0.05) is 18.2 Å². The van der Waals surface area contributed by atoms with Crippen LogP contribution in [0.25, 0.3) is 57.6 Å². The van der Waals surface area contributed by atoms with Crippen molar-refractivity contribution in [1.82, 2.24) is 4.57 Å². The Kier molecular flexibility index (Phi) is 5.55. The second kappa shape index (κ2) is 9.74. The SMILES string of the molecule is c1ccc(-n2c3ccccc3c3cc(N(c4ccc5ccccc5c4)c4ccc5[se]c6ccccc6c5c4)ccc32)cc1. The van der Waals surface area contributed by atoms with Crippen LogP contribution in [0.15, 0.2) is 158 Å². The molecule has 0 aliphatic rings. The molecule has 0 amide bonds. The van der Waals surface area contributed by atoms with E-state index in [2.05, 4.69) is 167 Å². The minimum Gasteiger partial charge on any atom is -0.0602 e. The summed E-state index contributed by atoms with van der Waals surface area (Å²) >= 11 is 0.344. The average molecular weight is 614 g/mol. The van der Waals surface area contributed by atoms with Crippen molar-refractivity contribution in [2.45, 2.75) is 0 Å². The van der Waals surface area contributed by atoms with Crippen molar-refractivity contribution >= 4 is 83.4 Å². The van der Waals surface area contributed by atoms with E-state index in [1.165, 1.54) is 63.2 Å². The van der Waals surface area contributed by atoms with E-state index in [1.54, 1.807) is 0 Å². The van der Waals surface area contributed by atoms with Gasteiger partial charge in [0.2, 0.25) is 0 Å². The quantitative estimate of drug-likeness (QED) is 0.179. The predicted molar refractivity (Wildman–Crippen MR) is 185 cm³/mol. The van der Waals surface area contributed by atoms with E-state index in [4.69, 9.17) is 0 Å². The zero-order chi connectivity index (χ0) is 28.3. The molecule has 43 heavy (non-hydrogen) atoms. The minimum absolute atomic E-state index is 0.344. The molecule has 7 aromatic carbocycles. The number of hydrogen-bond acceptors (Lipinski definition) is 1. The summed E-state index contributed by atoms with van der Waals surface area (Å²) in [4.78, 5) is 2.43. The van der Waals surface area contributed by atoms with Gasteiger partial charge in [0.25, 0.3) is 0 Å². The zero-order valence-electron chi connectivity index (χ0n) is 23.3. The number of fused-ring (bicyclic) bond motifs is 7. The van der Waals surface area contributed by atoms with Crippen molar-refractivity contribution in [3.63, 3.8) is 0 Å². The number of nitrogens with zero attached hydrogens (tertiary/aromatic N) is 2. The van der Waals surface area contributed by atoms with Gasteiger partial charge in [0.15, 0.2) is 0 Å². The number of benzene rings is 7. The van der Waals surface area contributed by atoms with Crippen LogP contribution in [0.5, 0.6) is 0 Å². The monoisotopic (exact) mass is 614 g/mol. The molecule has 9 aromatic rings. The van der Waals surface area contributed by atoms with E-state index in [-0.39, 0.29) is 0 Å². The van der Waals surface area contributed by atoms with Gasteiger partial charge in [-0.2, -0.15) is 0 Å². The molecule has 0 bridgehead atoms. The molecule has 0 saturated carbocycles. The Labute approximate surface area is 255 Å². The molecule has 0 aliphatic carbocycles. The summed E-state index contributed by atoms with van der Waals surface area (Å²) in [6.07, 6.45) is 0. The molecule has 9 rings (SSSR count). The third kappa shape index (κ3) is 3.94. The summed E-state index contributed by atoms with van der Waals surface area (Å²) in [6, 6.07) is 57.7. The van der Waals surface area contributed by atoms with Crippen LogP contribution >= 0.6 is 0 Å². The fraction of sp³-hybridized carbons (Fsp3) is 0. The molecule has 2 nitrogen and oxygen atoms in total. The van der Waals surface area contributed by atoms with Gasteiger partial charge in [0.1, 0.15) is 0 Å². The summed E-state index contributed by atoms with van der Waals surface area (Å²) in [5, 5.41) is 7.73. The van der Waals surface area contributed by atoms with E-state index in [1.807, 2.05) is 0 Å². The number of rotatable bonds is 4. The maximum absolute atomic E-state index is 2.43. The van der Waals surface area contributed by atoms with Crippen LogP contribution in [-0.2, 0) is 0 Å². The first-order chi connectivity index (χ1) is 21.3. The second-order valence-corrected chi connectivity index (χ2v) is 13.3. The Morgan fingerprint density at radius 3 is 1.88 bits per heavy atom. The smallest absolute Gasteiger partial charge is 0.0602 e. The van der Waals surface area contributed by atoms with Crippen LogP contribution < -0.4 is 4.90 Å². The normalized spacial score (nSPS) is 11.7. The first-order valence-electron chi connectivity index (χ1n) is 14.6. The predicted octanol–water partition coefficient (Wildman–Crippen LogP) is 10.8. The maximum atomic E-state index is 2.43. The van der Waals surface area contributed by atoms with Gasteiger partial charge in [0, 0.05) is 0 Å². The molecular formula is C40H26N2Se. The van der Waals surface area contributed by atoms with E-state index in [9.17, 15) is 0 Å². The van der Waals surface area contributed by atoms with E-state index >= 15 is 0 Å². The molecule has 0 radical (unpaired) electrons. The molecule has 2 heterocycles. The van der Waals surface area contributed by atoms with Crippen molar-refractivity contribution in [3.05, 3.63) is 158 Å². The zero-order valence-corrected chi connectivity index (χ0v) is 25.0. The van der Waals surface area contributed by atoms with Crippen LogP contribution in [0.2, 0.25) is 0 Å². The average Bonchev–Trinajstić information content (AvgIpc) is 3.60. The Balaban J connectivity index is 1.31. The second-order valence-electron chi connectivity index (χ2n) is 11.0. The van der Waals surface area contributed by atoms with Gasteiger partial charge in [-0.25, -0.2) is 0 Å². The number of anilines is 3. The molecule has 202 valence electrons. The first-order valence-corrected chi connectivity index (χ1v) is 16.3. The van der Waals surface area contributed by atoms with Gasteiger partial charge in [0.05, 0.1) is 0 Å². The Bertz CT molecular complexity index is 2470. The van der Waals surface area contributed by atoms with Crippen molar-refractivity contribution < 1.29 is 0 Å². The van der Waals surface area contributed by atoms with Crippen LogP contribution in [0.3, 0.4) is 0 Å². The summed E-state index contributed by atoms with van der Waals surface area (Å²) in [7, 11) is 0. The van der Waals surface area contributed by atoms with Gasteiger partial charge in [-0.3, -0.25) is 0 Å². The third-order valence-electron chi connectivity index (χ3n) is 8.54. The Morgan fingerprint density at radius 1 is 0.395 bits per heavy atom. The van der Waals surface area contributed by atoms with Crippen LogP contribution in [0.4, 0.5) is 17.1 Å². The standard InChI is InChI=1S/C40H26N2Se/c1-2-12-29(13-3-1)42-37-16-8-6-14-33(37)35-25-31(20-22-38(35)42)41(30-19-18-27-10-4-5-11-28(27)24-30)32-21-23-40-36(26-32)34-15-7-9-17-39(34)43-40/h1-26H. The summed E-state index contributed by atoms with van der Waals surface area (Å²) < 4.78 is 5.30.